The lowest BCUT2D eigenvalue weighted by Gasteiger charge is -2.18. The van der Waals surface area contributed by atoms with E-state index in [1.807, 2.05) is 48.5 Å². The number of ether oxygens (including phenoxy) is 2. The summed E-state index contributed by atoms with van der Waals surface area (Å²) in [6.45, 7) is 1.70. The van der Waals surface area contributed by atoms with Gasteiger partial charge < -0.3 is 14.8 Å². The number of pyridine rings is 1. The summed E-state index contributed by atoms with van der Waals surface area (Å²) in [6, 6.07) is 24.6. The van der Waals surface area contributed by atoms with Gasteiger partial charge in [-0.15, -0.1) is 0 Å². The number of nitriles is 1. The highest BCUT2D eigenvalue weighted by molar-refractivity contribution is 8.00. The fourth-order valence-corrected chi connectivity index (χ4v) is 5.42. The van der Waals surface area contributed by atoms with E-state index < -0.39 is 15.3 Å². The molecule has 40 heavy (non-hydrogen) atoms. The van der Waals surface area contributed by atoms with Crippen LogP contribution < -0.4 is 19.9 Å². The predicted molar refractivity (Wildman–Crippen MR) is 155 cm³/mol. The Morgan fingerprint density at radius 1 is 1.00 bits per heavy atom. The van der Waals surface area contributed by atoms with Crippen LogP contribution in [0.4, 0.5) is 5.69 Å². The SMILES string of the molecule is COc1cccc(-c2cc(-c3ccccc3)nc(SC(C)C(=O)Nc3ccc(S(N)(=O)=O)cc3)c2C#N)c1OC. The van der Waals surface area contributed by atoms with Crippen LogP contribution in [0.3, 0.4) is 0 Å². The van der Waals surface area contributed by atoms with Gasteiger partial charge in [0.15, 0.2) is 11.5 Å². The number of para-hydroxylation sites is 1. The molecule has 1 aromatic heterocycles. The second-order valence-electron chi connectivity index (χ2n) is 8.57. The number of nitrogens with two attached hydrogens (primary N) is 1. The fraction of sp³-hybridized carbons (Fsp3) is 0.138. The second kappa shape index (κ2) is 12.2. The Morgan fingerprint density at radius 3 is 2.30 bits per heavy atom. The normalized spacial score (nSPS) is 11.8. The summed E-state index contributed by atoms with van der Waals surface area (Å²) >= 11 is 1.14. The van der Waals surface area contributed by atoms with Crippen LogP contribution in [0.25, 0.3) is 22.4 Å². The molecule has 0 aliphatic rings. The Hall–Kier alpha value is -4.37. The molecule has 11 heteroatoms. The van der Waals surface area contributed by atoms with Crippen LogP contribution in [0.2, 0.25) is 0 Å². The monoisotopic (exact) mass is 574 g/mol. The van der Waals surface area contributed by atoms with Gasteiger partial charge in [0.1, 0.15) is 11.1 Å². The van der Waals surface area contributed by atoms with Gasteiger partial charge in [0, 0.05) is 22.4 Å². The van der Waals surface area contributed by atoms with Gasteiger partial charge in [-0.05, 0) is 43.3 Å². The van der Waals surface area contributed by atoms with Crippen molar-refractivity contribution < 1.29 is 22.7 Å². The standard InChI is InChI=1S/C29H26N4O5S2/c1-18(28(34)32-20-12-14-21(15-13-20)40(31,35)36)39-29-24(17-30)23(16-25(33-29)19-8-5-4-6-9-19)22-10-7-11-26(37-2)27(22)38-3/h4-16,18H,1-3H3,(H,32,34)(H2,31,35,36). The third-order valence-electron chi connectivity index (χ3n) is 5.97. The molecule has 1 heterocycles. The number of benzene rings is 3. The van der Waals surface area contributed by atoms with Crippen LogP contribution in [0.15, 0.2) is 88.8 Å². The van der Waals surface area contributed by atoms with Crippen molar-refractivity contribution in [1.29, 1.82) is 5.26 Å². The van der Waals surface area contributed by atoms with Crippen molar-refractivity contribution in [2.45, 2.75) is 22.1 Å². The van der Waals surface area contributed by atoms with E-state index in [0.717, 1.165) is 17.3 Å². The average Bonchev–Trinajstić information content (AvgIpc) is 2.96. The molecule has 0 fully saturated rings. The van der Waals surface area contributed by atoms with Crippen LogP contribution in [0.1, 0.15) is 12.5 Å². The third-order valence-corrected chi connectivity index (χ3v) is 7.98. The van der Waals surface area contributed by atoms with Crippen molar-refractivity contribution in [2.75, 3.05) is 19.5 Å². The van der Waals surface area contributed by atoms with E-state index in [4.69, 9.17) is 19.6 Å². The minimum absolute atomic E-state index is 0.0611. The number of primary sulfonamides is 1. The van der Waals surface area contributed by atoms with Crippen LogP contribution in [0, 0.1) is 11.3 Å². The van der Waals surface area contributed by atoms with Crippen LogP contribution in [-0.4, -0.2) is 38.8 Å². The summed E-state index contributed by atoms with van der Waals surface area (Å²) in [6.07, 6.45) is 0. The van der Waals surface area contributed by atoms with Crippen molar-refractivity contribution >= 4 is 33.4 Å². The first-order valence-corrected chi connectivity index (χ1v) is 14.4. The molecule has 4 aromatic rings. The molecule has 4 rings (SSSR count). The molecule has 0 saturated heterocycles. The van der Waals surface area contributed by atoms with Gasteiger partial charge >= 0.3 is 0 Å². The van der Waals surface area contributed by atoms with Gasteiger partial charge in [-0.1, -0.05) is 54.2 Å². The molecule has 0 aliphatic heterocycles. The molecule has 1 unspecified atom stereocenters. The fourth-order valence-electron chi connectivity index (χ4n) is 3.98. The number of sulfonamides is 1. The highest BCUT2D eigenvalue weighted by Gasteiger charge is 2.24. The summed E-state index contributed by atoms with van der Waals surface area (Å²) in [4.78, 5) is 17.8. The molecule has 1 amide bonds. The molecule has 0 spiro atoms. The number of carbonyl (C=O) groups excluding carboxylic acids is 1. The molecule has 1 atom stereocenters. The van der Waals surface area contributed by atoms with Crippen LogP contribution in [0.5, 0.6) is 11.5 Å². The zero-order chi connectivity index (χ0) is 28.9. The highest BCUT2D eigenvalue weighted by atomic mass is 32.2. The van der Waals surface area contributed by atoms with Gasteiger partial charge in [-0.2, -0.15) is 5.26 Å². The number of hydrogen-bond donors (Lipinski definition) is 2. The van der Waals surface area contributed by atoms with E-state index >= 15 is 0 Å². The largest absolute Gasteiger partial charge is 0.493 e. The molecule has 204 valence electrons. The smallest absolute Gasteiger partial charge is 0.238 e. The quantitative estimate of drug-likeness (QED) is 0.264. The Kier molecular flexibility index (Phi) is 8.74. The van der Waals surface area contributed by atoms with Crippen molar-refractivity contribution in [3.63, 3.8) is 0 Å². The van der Waals surface area contributed by atoms with E-state index in [0.29, 0.717) is 39.0 Å². The van der Waals surface area contributed by atoms with E-state index in [2.05, 4.69) is 11.4 Å². The van der Waals surface area contributed by atoms with Crippen molar-refractivity contribution in [1.82, 2.24) is 4.98 Å². The summed E-state index contributed by atoms with van der Waals surface area (Å²) in [5.41, 5.74) is 3.37. The molecule has 0 radical (unpaired) electrons. The number of anilines is 1. The number of carbonyl (C=O) groups is 1. The topological polar surface area (TPSA) is 144 Å². The number of rotatable bonds is 9. The van der Waals surface area contributed by atoms with Gasteiger partial charge in [0.2, 0.25) is 15.9 Å². The van der Waals surface area contributed by atoms with Gasteiger partial charge in [0.05, 0.1) is 35.6 Å². The maximum atomic E-state index is 13.1. The number of amides is 1. The number of aromatic nitrogens is 1. The van der Waals surface area contributed by atoms with E-state index in [1.165, 1.54) is 31.4 Å². The number of hydrogen-bond acceptors (Lipinski definition) is 8. The summed E-state index contributed by atoms with van der Waals surface area (Å²) in [5.74, 6) is 0.624. The zero-order valence-electron chi connectivity index (χ0n) is 21.9. The van der Waals surface area contributed by atoms with E-state index in [-0.39, 0.29) is 16.4 Å². The Bertz CT molecular complexity index is 1690. The lowest BCUT2D eigenvalue weighted by molar-refractivity contribution is -0.115. The molecular formula is C29H26N4O5S2. The second-order valence-corrected chi connectivity index (χ2v) is 11.5. The van der Waals surface area contributed by atoms with E-state index in [1.54, 1.807) is 20.1 Å². The minimum Gasteiger partial charge on any atom is -0.493 e. The molecule has 0 aliphatic carbocycles. The number of nitrogens with zero attached hydrogens (tertiary/aromatic N) is 2. The number of nitrogens with one attached hydrogen (secondary N) is 1. The maximum Gasteiger partial charge on any atom is 0.238 e. The molecule has 9 nitrogen and oxygen atoms in total. The number of thioether (sulfide) groups is 1. The maximum absolute atomic E-state index is 13.1. The molecule has 3 N–H and O–H groups in total. The Balaban J connectivity index is 1.74. The highest BCUT2D eigenvalue weighted by Crippen LogP contribution is 2.42. The molecular weight excluding hydrogens is 548 g/mol. The molecule has 0 saturated carbocycles. The lowest BCUT2D eigenvalue weighted by Crippen LogP contribution is -2.22. The number of methoxy groups -OCH3 is 2. The van der Waals surface area contributed by atoms with Gasteiger partial charge in [-0.25, -0.2) is 18.5 Å². The Morgan fingerprint density at radius 2 is 1.70 bits per heavy atom. The van der Waals surface area contributed by atoms with Gasteiger partial charge in [0.25, 0.3) is 0 Å². The lowest BCUT2D eigenvalue weighted by atomic mass is 9.98. The van der Waals surface area contributed by atoms with Crippen LogP contribution in [-0.2, 0) is 14.8 Å². The zero-order valence-corrected chi connectivity index (χ0v) is 23.5. The van der Waals surface area contributed by atoms with Crippen molar-refractivity contribution in [2.24, 2.45) is 5.14 Å². The van der Waals surface area contributed by atoms with E-state index in [9.17, 15) is 18.5 Å². The summed E-state index contributed by atoms with van der Waals surface area (Å²) < 4.78 is 34.2. The first-order chi connectivity index (χ1) is 19.2. The first kappa shape index (κ1) is 28.6. The summed E-state index contributed by atoms with van der Waals surface area (Å²) in [7, 11) is -0.776. The first-order valence-electron chi connectivity index (χ1n) is 12.0. The predicted octanol–water partition coefficient (Wildman–Crippen LogP) is 5.07. The third kappa shape index (κ3) is 6.26. The molecule has 3 aromatic carbocycles. The minimum atomic E-state index is -3.85. The van der Waals surface area contributed by atoms with Crippen molar-refractivity contribution in [3.8, 4) is 40.0 Å². The van der Waals surface area contributed by atoms with Crippen LogP contribution >= 0.6 is 11.8 Å². The van der Waals surface area contributed by atoms with Crippen molar-refractivity contribution in [3.05, 3.63) is 84.4 Å². The molecule has 0 bridgehead atoms. The Labute approximate surface area is 237 Å². The average molecular weight is 575 g/mol. The summed E-state index contributed by atoms with van der Waals surface area (Å²) in [5, 5.41) is 17.9. The van der Waals surface area contributed by atoms with Gasteiger partial charge in [-0.3, -0.25) is 4.79 Å².